The number of nitrogens with one attached hydrogen (secondary N) is 2. The van der Waals surface area contributed by atoms with Gasteiger partial charge in [-0.3, -0.25) is 9.59 Å². The minimum Gasteiger partial charge on any atom is -0.349 e. The van der Waals surface area contributed by atoms with Crippen LogP contribution in [0.5, 0.6) is 0 Å². The summed E-state index contributed by atoms with van der Waals surface area (Å²) in [5, 5.41) is 8.71. The molecule has 0 spiro atoms. The highest BCUT2D eigenvalue weighted by Gasteiger charge is 2.24. The Morgan fingerprint density at radius 1 is 1.30 bits per heavy atom. The zero-order valence-electron chi connectivity index (χ0n) is 12.3. The largest absolute Gasteiger partial charge is 0.349 e. The lowest BCUT2D eigenvalue weighted by Gasteiger charge is -2.14. The molecule has 1 heterocycles. The molecule has 0 saturated carbocycles. The molecule has 5 nitrogen and oxygen atoms in total. The second-order valence-corrected chi connectivity index (χ2v) is 6.72. The molecule has 0 radical (unpaired) electrons. The highest BCUT2D eigenvalue weighted by molar-refractivity contribution is 7.13. The van der Waals surface area contributed by atoms with Gasteiger partial charge >= 0.3 is 0 Å². The highest BCUT2D eigenvalue weighted by Crippen LogP contribution is 2.32. The Balaban J connectivity index is 1.48. The van der Waals surface area contributed by atoms with Gasteiger partial charge in [0.05, 0.1) is 6.04 Å². The van der Waals surface area contributed by atoms with E-state index in [4.69, 9.17) is 11.6 Å². The minimum absolute atomic E-state index is 0.0109. The number of carbonyl (C=O) groups excluding carboxylic acids is 2. The van der Waals surface area contributed by atoms with Gasteiger partial charge in [0, 0.05) is 29.4 Å². The number of anilines is 1. The molecule has 7 heteroatoms. The third kappa shape index (κ3) is 4.09. The van der Waals surface area contributed by atoms with Crippen molar-refractivity contribution in [1.82, 2.24) is 10.3 Å². The molecule has 1 aromatic heterocycles. The number of hydrogen-bond donors (Lipinski definition) is 2. The van der Waals surface area contributed by atoms with Gasteiger partial charge in [-0.2, -0.15) is 0 Å². The number of hydrogen-bond acceptors (Lipinski definition) is 4. The zero-order chi connectivity index (χ0) is 16.2. The summed E-state index contributed by atoms with van der Waals surface area (Å²) < 4.78 is 0. The van der Waals surface area contributed by atoms with Gasteiger partial charge < -0.3 is 10.6 Å². The molecule has 0 saturated heterocycles. The van der Waals surface area contributed by atoms with E-state index >= 15 is 0 Å². The average molecular weight is 350 g/mol. The fraction of sp³-hybridized carbons (Fsp3) is 0.312. The van der Waals surface area contributed by atoms with Crippen LogP contribution in [-0.4, -0.2) is 16.8 Å². The van der Waals surface area contributed by atoms with Gasteiger partial charge in [0.25, 0.3) is 0 Å². The van der Waals surface area contributed by atoms with Gasteiger partial charge in [0.1, 0.15) is 0 Å². The Morgan fingerprint density at radius 2 is 2.13 bits per heavy atom. The van der Waals surface area contributed by atoms with Crippen molar-refractivity contribution in [2.24, 2.45) is 0 Å². The van der Waals surface area contributed by atoms with E-state index in [1.165, 1.54) is 16.9 Å². The van der Waals surface area contributed by atoms with Crippen LogP contribution in [0, 0.1) is 0 Å². The molecule has 0 aliphatic heterocycles. The van der Waals surface area contributed by atoms with Gasteiger partial charge in [0.2, 0.25) is 11.8 Å². The van der Waals surface area contributed by atoms with Crippen LogP contribution in [-0.2, 0) is 16.0 Å². The van der Waals surface area contributed by atoms with E-state index in [-0.39, 0.29) is 30.7 Å². The molecular formula is C16H16ClN3O2S. The van der Waals surface area contributed by atoms with Crippen LogP contribution < -0.4 is 10.6 Å². The number of halogens is 1. The van der Waals surface area contributed by atoms with Crippen molar-refractivity contribution < 1.29 is 9.59 Å². The maximum Gasteiger partial charge on any atom is 0.226 e. The fourth-order valence-electron chi connectivity index (χ4n) is 2.70. The number of nitrogens with zero attached hydrogens (tertiary/aromatic N) is 1. The van der Waals surface area contributed by atoms with E-state index in [0.717, 1.165) is 23.4 Å². The number of fused-ring (bicyclic) bond motifs is 1. The normalized spacial score (nSPS) is 16.0. The summed E-state index contributed by atoms with van der Waals surface area (Å²) in [6.45, 7) is 0. The highest BCUT2D eigenvalue weighted by atomic mass is 35.5. The lowest BCUT2D eigenvalue weighted by molar-refractivity contribution is -0.124. The van der Waals surface area contributed by atoms with Crippen LogP contribution >= 0.6 is 22.9 Å². The van der Waals surface area contributed by atoms with E-state index in [9.17, 15) is 9.59 Å². The molecule has 3 rings (SSSR count). The molecule has 1 unspecified atom stereocenters. The van der Waals surface area contributed by atoms with Crippen molar-refractivity contribution >= 4 is 39.9 Å². The van der Waals surface area contributed by atoms with Gasteiger partial charge in [-0.15, -0.1) is 11.3 Å². The maximum atomic E-state index is 12.1. The number of amides is 2. The van der Waals surface area contributed by atoms with Gasteiger partial charge in [0.15, 0.2) is 5.13 Å². The Labute approximate surface area is 143 Å². The van der Waals surface area contributed by atoms with E-state index in [2.05, 4.69) is 15.6 Å². The van der Waals surface area contributed by atoms with Gasteiger partial charge in [-0.05, 0) is 36.1 Å². The van der Waals surface area contributed by atoms with E-state index in [1.54, 1.807) is 11.6 Å². The second kappa shape index (κ2) is 7.10. The molecule has 0 fully saturated rings. The average Bonchev–Trinajstić information content (AvgIpc) is 3.15. The van der Waals surface area contributed by atoms with Gasteiger partial charge in [-0.1, -0.05) is 17.7 Å². The van der Waals surface area contributed by atoms with Crippen LogP contribution in [0.2, 0.25) is 5.02 Å². The van der Waals surface area contributed by atoms with E-state index in [0.29, 0.717) is 5.13 Å². The maximum absolute atomic E-state index is 12.1. The smallest absolute Gasteiger partial charge is 0.226 e. The van der Waals surface area contributed by atoms with Crippen molar-refractivity contribution in [3.05, 3.63) is 45.9 Å². The summed E-state index contributed by atoms with van der Waals surface area (Å²) in [4.78, 5) is 27.8. The molecule has 2 amide bonds. The van der Waals surface area contributed by atoms with Crippen LogP contribution in [0.4, 0.5) is 5.13 Å². The molecule has 1 aromatic carbocycles. The predicted octanol–water partition coefficient (Wildman–Crippen LogP) is 3.32. The summed E-state index contributed by atoms with van der Waals surface area (Å²) in [6.07, 6.45) is 3.71. The second-order valence-electron chi connectivity index (χ2n) is 5.39. The minimum atomic E-state index is -0.200. The molecule has 1 atom stereocenters. The first-order valence-corrected chi connectivity index (χ1v) is 8.64. The quantitative estimate of drug-likeness (QED) is 0.869. The Hall–Kier alpha value is -1.92. The van der Waals surface area contributed by atoms with Gasteiger partial charge in [-0.25, -0.2) is 4.98 Å². The predicted molar refractivity (Wildman–Crippen MR) is 90.6 cm³/mol. The summed E-state index contributed by atoms with van der Waals surface area (Å²) in [5.74, 6) is -0.319. The molecule has 1 aliphatic rings. The van der Waals surface area contributed by atoms with Crippen molar-refractivity contribution in [2.45, 2.75) is 31.7 Å². The van der Waals surface area contributed by atoms with Crippen LogP contribution in [0.15, 0.2) is 29.8 Å². The molecular weight excluding hydrogens is 334 g/mol. The number of aryl methyl sites for hydroxylation is 1. The Bertz CT molecular complexity index is 718. The SMILES string of the molecule is O=C(CCC(=O)NC1CCc2cc(Cl)ccc21)Nc1nccs1. The number of carbonyl (C=O) groups is 2. The summed E-state index contributed by atoms with van der Waals surface area (Å²) in [5.41, 5.74) is 2.30. The number of rotatable bonds is 5. The molecule has 23 heavy (non-hydrogen) atoms. The topological polar surface area (TPSA) is 71.1 Å². The molecule has 1 aliphatic carbocycles. The lowest BCUT2D eigenvalue weighted by Crippen LogP contribution is -2.28. The Kier molecular flexibility index (Phi) is 4.93. The summed E-state index contributed by atoms with van der Waals surface area (Å²) >= 11 is 7.33. The van der Waals surface area contributed by atoms with Crippen molar-refractivity contribution in [3.63, 3.8) is 0 Å². The first kappa shape index (κ1) is 16.0. The number of thiazole rings is 1. The monoisotopic (exact) mass is 349 g/mol. The van der Waals surface area contributed by atoms with Crippen LogP contribution in [0.25, 0.3) is 0 Å². The summed E-state index contributed by atoms with van der Waals surface area (Å²) in [7, 11) is 0. The number of aromatic nitrogens is 1. The third-order valence-corrected chi connectivity index (χ3v) is 4.70. The summed E-state index contributed by atoms with van der Waals surface area (Å²) in [6, 6.07) is 5.76. The van der Waals surface area contributed by atoms with E-state index < -0.39 is 0 Å². The lowest BCUT2D eigenvalue weighted by atomic mass is 10.1. The van der Waals surface area contributed by atoms with E-state index in [1.807, 2.05) is 18.2 Å². The van der Waals surface area contributed by atoms with Crippen molar-refractivity contribution in [2.75, 3.05) is 5.32 Å². The molecule has 2 N–H and O–H groups in total. The fourth-order valence-corrected chi connectivity index (χ4v) is 3.44. The van der Waals surface area contributed by atoms with Crippen molar-refractivity contribution in [1.29, 1.82) is 0 Å². The number of benzene rings is 1. The third-order valence-electron chi connectivity index (χ3n) is 3.78. The first-order chi connectivity index (χ1) is 11.1. The first-order valence-electron chi connectivity index (χ1n) is 7.39. The van der Waals surface area contributed by atoms with Crippen LogP contribution in [0.1, 0.15) is 36.4 Å². The Morgan fingerprint density at radius 3 is 2.91 bits per heavy atom. The molecule has 2 aromatic rings. The molecule has 0 bridgehead atoms. The van der Waals surface area contributed by atoms with Crippen LogP contribution in [0.3, 0.4) is 0 Å². The molecule has 120 valence electrons. The zero-order valence-corrected chi connectivity index (χ0v) is 13.9. The van der Waals surface area contributed by atoms with Crippen molar-refractivity contribution in [3.8, 4) is 0 Å². The standard InChI is InChI=1S/C16H16ClN3O2S/c17-11-2-3-12-10(9-11)1-4-13(12)19-14(21)5-6-15(22)20-16-18-7-8-23-16/h2-3,7-9,13H,1,4-6H2,(H,19,21)(H,18,20,22).